The molecular weight excluding hydrogens is 446 g/mol. The van der Waals surface area contributed by atoms with Gasteiger partial charge in [-0.1, -0.05) is 29.3 Å². The third-order valence-electron chi connectivity index (χ3n) is 4.19. The van der Waals surface area contributed by atoms with Crippen molar-refractivity contribution in [1.82, 2.24) is 24.5 Å². The van der Waals surface area contributed by atoms with Crippen LogP contribution in [0.25, 0.3) is 0 Å². The molecule has 0 bridgehead atoms. The average molecular weight is 461 g/mol. The van der Waals surface area contributed by atoms with Crippen LogP contribution in [0.15, 0.2) is 61.1 Å². The lowest BCUT2D eigenvalue weighted by Gasteiger charge is -2.06. The highest BCUT2D eigenvalue weighted by Crippen LogP contribution is 2.25. The molecule has 0 aliphatic carbocycles. The number of nitrogens with one attached hydrogen (secondary N) is 1. The summed E-state index contributed by atoms with van der Waals surface area (Å²) in [5.41, 5.74) is 0.863. The van der Waals surface area contributed by atoms with Crippen molar-refractivity contribution in [2.24, 2.45) is 0 Å². The Labute approximate surface area is 186 Å². The molecule has 2 heterocycles. The molecule has 0 aliphatic rings. The molecule has 1 N–H and O–H groups in total. The number of ether oxygens (including phenoxy) is 1. The highest BCUT2D eigenvalue weighted by Gasteiger charge is 2.14. The van der Waals surface area contributed by atoms with Crippen LogP contribution in [-0.4, -0.2) is 30.5 Å². The van der Waals surface area contributed by atoms with E-state index in [-0.39, 0.29) is 24.2 Å². The van der Waals surface area contributed by atoms with Crippen molar-refractivity contribution in [1.29, 1.82) is 0 Å². The summed E-state index contributed by atoms with van der Waals surface area (Å²) < 4.78 is 21.4. The third-order valence-corrected chi connectivity index (χ3v) is 4.90. The first-order chi connectivity index (χ1) is 15.0. The predicted molar refractivity (Wildman–Crippen MR) is 113 cm³/mol. The van der Waals surface area contributed by atoms with Crippen LogP contribution >= 0.6 is 23.2 Å². The molecule has 2 aromatic carbocycles. The minimum absolute atomic E-state index is 0.0599. The summed E-state index contributed by atoms with van der Waals surface area (Å²) in [6.45, 7) is 0.362. The molecule has 0 aliphatic heterocycles. The number of carbonyl (C=O) groups is 1. The predicted octanol–water partition coefficient (Wildman–Crippen LogP) is 4.26. The molecule has 0 spiro atoms. The number of anilines is 1. The SMILES string of the molecule is O=C(Nc1ncn(Cc2c(Cl)cccc2Cl)n1)c1ccn(COc2ccc(F)cc2)n1. The number of carbonyl (C=O) groups excluding carboxylic acids is 1. The van der Waals surface area contributed by atoms with E-state index < -0.39 is 5.91 Å². The van der Waals surface area contributed by atoms with Crippen molar-refractivity contribution < 1.29 is 13.9 Å². The van der Waals surface area contributed by atoms with E-state index in [9.17, 15) is 9.18 Å². The van der Waals surface area contributed by atoms with Crippen molar-refractivity contribution in [3.63, 3.8) is 0 Å². The van der Waals surface area contributed by atoms with Crippen LogP contribution < -0.4 is 10.1 Å². The molecule has 0 atom stereocenters. The van der Waals surface area contributed by atoms with Crippen molar-refractivity contribution >= 4 is 35.1 Å². The standard InChI is InChI=1S/C20H15Cl2FN6O2/c21-16-2-1-3-17(22)15(16)10-29-11-24-20(27-29)25-19(30)18-8-9-28(26-18)12-31-14-6-4-13(23)5-7-14/h1-9,11H,10,12H2,(H,25,27,30). The van der Waals surface area contributed by atoms with Crippen molar-refractivity contribution in [2.75, 3.05) is 5.32 Å². The average Bonchev–Trinajstić information content (AvgIpc) is 3.40. The Hall–Kier alpha value is -3.43. The summed E-state index contributed by atoms with van der Waals surface area (Å²) in [4.78, 5) is 16.5. The molecule has 0 fully saturated rings. The Morgan fingerprint density at radius 2 is 1.77 bits per heavy atom. The van der Waals surface area contributed by atoms with E-state index in [1.54, 1.807) is 24.4 Å². The second kappa shape index (κ2) is 9.15. The fourth-order valence-corrected chi connectivity index (χ4v) is 3.18. The minimum Gasteiger partial charge on any atom is -0.471 e. The smallest absolute Gasteiger partial charge is 0.278 e. The largest absolute Gasteiger partial charge is 0.471 e. The number of aromatic nitrogens is 5. The first-order valence-electron chi connectivity index (χ1n) is 9.03. The van der Waals surface area contributed by atoms with Crippen LogP contribution in [0.1, 0.15) is 16.1 Å². The molecule has 158 valence electrons. The molecule has 8 nitrogen and oxygen atoms in total. The van der Waals surface area contributed by atoms with Gasteiger partial charge in [0.15, 0.2) is 12.4 Å². The number of amides is 1. The first-order valence-corrected chi connectivity index (χ1v) is 9.79. The van der Waals surface area contributed by atoms with Crippen molar-refractivity contribution in [3.8, 4) is 5.75 Å². The third kappa shape index (κ3) is 5.19. The second-order valence-corrected chi connectivity index (χ2v) is 7.20. The van der Waals surface area contributed by atoms with Gasteiger partial charge in [0.05, 0.1) is 6.54 Å². The van der Waals surface area contributed by atoms with Crippen LogP contribution in [0.2, 0.25) is 10.0 Å². The maximum atomic E-state index is 12.9. The second-order valence-electron chi connectivity index (χ2n) is 6.39. The lowest BCUT2D eigenvalue weighted by molar-refractivity contribution is 0.101. The maximum absolute atomic E-state index is 12.9. The lowest BCUT2D eigenvalue weighted by atomic mass is 10.2. The molecule has 4 rings (SSSR count). The Bertz CT molecular complexity index is 1190. The monoisotopic (exact) mass is 460 g/mol. The van der Waals surface area contributed by atoms with Crippen LogP contribution in [0.4, 0.5) is 10.3 Å². The van der Waals surface area contributed by atoms with E-state index in [0.29, 0.717) is 27.9 Å². The molecule has 0 saturated heterocycles. The van der Waals surface area contributed by atoms with Crippen molar-refractivity contribution in [3.05, 3.63) is 88.2 Å². The number of benzene rings is 2. The van der Waals surface area contributed by atoms with Gasteiger partial charge in [-0.2, -0.15) is 5.10 Å². The fraction of sp³-hybridized carbons (Fsp3) is 0.100. The van der Waals surface area contributed by atoms with E-state index >= 15 is 0 Å². The van der Waals surface area contributed by atoms with Gasteiger partial charge in [0.25, 0.3) is 5.91 Å². The Balaban J connectivity index is 1.35. The van der Waals surface area contributed by atoms with E-state index in [0.717, 1.165) is 0 Å². The lowest BCUT2D eigenvalue weighted by Crippen LogP contribution is -2.15. The summed E-state index contributed by atoms with van der Waals surface area (Å²) in [5, 5.41) is 12.0. The number of hydrogen-bond acceptors (Lipinski definition) is 5. The zero-order valence-corrected chi connectivity index (χ0v) is 17.4. The van der Waals surface area contributed by atoms with Gasteiger partial charge >= 0.3 is 0 Å². The van der Waals surface area contributed by atoms with E-state index in [1.807, 2.05) is 0 Å². The zero-order chi connectivity index (χ0) is 21.8. The Kier molecular flexibility index (Phi) is 6.15. The fourth-order valence-electron chi connectivity index (χ4n) is 2.67. The van der Waals surface area contributed by atoms with Gasteiger partial charge < -0.3 is 4.74 Å². The summed E-state index contributed by atoms with van der Waals surface area (Å²) in [7, 11) is 0. The summed E-state index contributed by atoms with van der Waals surface area (Å²) in [6.07, 6.45) is 3.05. The van der Waals surface area contributed by atoms with Crippen LogP contribution in [0.5, 0.6) is 5.75 Å². The number of hydrogen-bond donors (Lipinski definition) is 1. The molecule has 11 heteroatoms. The number of nitrogens with zero attached hydrogens (tertiary/aromatic N) is 5. The van der Waals surface area contributed by atoms with E-state index in [4.69, 9.17) is 27.9 Å². The van der Waals surface area contributed by atoms with Crippen molar-refractivity contribution in [2.45, 2.75) is 13.3 Å². The molecule has 0 saturated carbocycles. The molecular formula is C20H15Cl2FN6O2. The summed E-state index contributed by atoms with van der Waals surface area (Å²) in [6, 6.07) is 12.4. The Morgan fingerprint density at radius 3 is 2.52 bits per heavy atom. The van der Waals surface area contributed by atoms with Crippen LogP contribution in [0, 0.1) is 5.82 Å². The highest BCUT2D eigenvalue weighted by molar-refractivity contribution is 6.35. The normalized spacial score (nSPS) is 10.8. The zero-order valence-electron chi connectivity index (χ0n) is 15.9. The summed E-state index contributed by atoms with van der Waals surface area (Å²) >= 11 is 12.3. The van der Waals surface area contributed by atoms with Gasteiger partial charge in [-0.25, -0.2) is 18.7 Å². The number of rotatable bonds is 7. The van der Waals surface area contributed by atoms with Crippen LogP contribution in [0.3, 0.4) is 0 Å². The highest BCUT2D eigenvalue weighted by atomic mass is 35.5. The first kappa shape index (κ1) is 20.8. The molecule has 0 unspecified atom stereocenters. The molecule has 4 aromatic rings. The maximum Gasteiger partial charge on any atom is 0.278 e. The van der Waals surface area contributed by atoms with Crippen LogP contribution in [-0.2, 0) is 13.3 Å². The van der Waals surface area contributed by atoms with Gasteiger partial charge in [0.2, 0.25) is 5.95 Å². The van der Waals surface area contributed by atoms with Gasteiger partial charge in [-0.3, -0.25) is 10.1 Å². The number of halogens is 3. The van der Waals surface area contributed by atoms with Gasteiger partial charge in [-0.15, -0.1) is 5.10 Å². The quantitative estimate of drug-likeness (QED) is 0.445. The molecule has 2 aromatic heterocycles. The topological polar surface area (TPSA) is 86.9 Å². The van der Waals surface area contributed by atoms with E-state index in [1.165, 1.54) is 46.0 Å². The summed E-state index contributed by atoms with van der Waals surface area (Å²) in [5.74, 6) is -0.230. The molecule has 0 radical (unpaired) electrons. The molecule has 31 heavy (non-hydrogen) atoms. The van der Waals surface area contributed by atoms with Gasteiger partial charge in [0.1, 0.15) is 17.9 Å². The molecule has 1 amide bonds. The minimum atomic E-state index is -0.478. The van der Waals surface area contributed by atoms with Gasteiger partial charge in [-0.05, 0) is 42.5 Å². The van der Waals surface area contributed by atoms with E-state index in [2.05, 4.69) is 20.5 Å². The Morgan fingerprint density at radius 1 is 1.03 bits per heavy atom. The van der Waals surface area contributed by atoms with Gasteiger partial charge in [0, 0.05) is 21.8 Å².